The zero-order valence-electron chi connectivity index (χ0n) is 11.2. The van der Waals surface area contributed by atoms with E-state index in [1.165, 1.54) is 9.21 Å². The summed E-state index contributed by atoms with van der Waals surface area (Å²) in [6.07, 6.45) is 2.19. The van der Waals surface area contributed by atoms with E-state index < -0.39 is 0 Å². The number of aryl methyl sites for hydroxylation is 1. The minimum atomic E-state index is 0.558. The summed E-state index contributed by atoms with van der Waals surface area (Å²) in [4.78, 5) is 4.40. The second kappa shape index (κ2) is 7.86. The summed E-state index contributed by atoms with van der Waals surface area (Å²) in [6, 6.07) is 6.08. The van der Waals surface area contributed by atoms with Crippen LogP contribution in [0.3, 0.4) is 0 Å². The quantitative estimate of drug-likeness (QED) is 0.466. The second-order valence-electron chi connectivity index (χ2n) is 4.85. The maximum absolute atomic E-state index is 6.01. The third-order valence-corrected chi connectivity index (χ3v) is 4.70. The lowest BCUT2D eigenvalue weighted by Gasteiger charge is -2.11. The van der Waals surface area contributed by atoms with Crippen molar-refractivity contribution in [3.63, 3.8) is 0 Å². The summed E-state index contributed by atoms with van der Waals surface area (Å²) in [5, 5.41) is 0. The zero-order valence-corrected chi connectivity index (χ0v) is 15.7. The Kier molecular flexibility index (Phi) is 6.44. The molecule has 0 radical (unpaired) electrons. The van der Waals surface area contributed by atoms with Gasteiger partial charge in [0.15, 0.2) is 0 Å². The minimum Gasteiger partial charge on any atom is -0.369 e. The van der Waals surface area contributed by atoms with E-state index in [-0.39, 0.29) is 0 Å². The topological polar surface area (TPSA) is 53.1 Å². The molecule has 110 valence electrons. The van der Waals surface area contributed by atoms with Crippen molar-refractivity contribution in [1.82, 2.24) is 9.55 Å². The molecule has 0 fully saturated rings. The lowest BCUT2D eigenvalue weighted by atomic mass is 10.1. The van der Waals surface area contributed by atoms with Gasteiger partial charge in [0, 0.05) is 32.2 Å². The standard InChI is InChI=1S/C13H17BrIN3OS/c1-9(8-19-20-15)3-2-6-18-12-5-4-10(14)7-11(12)17-13(18)16/h4-5,7,9H,2-3,6,8H2,1H3,(H2,16,17). The Morgan fingerprint density at radius 1 is 1.55 bits per heavy atom. The van der Waals surface area contributed by atoms with Gasteiger partial charge in [-0.05, 0) is 37.0 Å². The average Bonchev–Trinajstić information content (AvgIpc) is 2.72. The molecule has 1 unspecified atom stereocenters. The number of nitrogens with zero attached hydrogens (tertiary/aromatic N) is 2. The second-order valence-corrected chi connectivity index (χ2v) is 7.21. The fourth-order valence-corrected chi connectivity index (χ4v) is 3.25. The van der Waals surface area contributed by atoms with Gasteiger partial charge in [0.25, 0.3) is 0 Å². The van der Waals surface area contributed by atoms with Gasteiger partial charge in [0.05, 0.1) is 26.9 Å². The van der Waals surface area contributed by atoms with Gasteiger partial charge in [-0.15, -0.1) is 0 Å². The maximum Gasteiger partial charge on any atom is 0.201 e. The van der Waals surface area contributed by atoms with Gasteiger partial charge in [0.1, 0.15) is 0 Å². The number of nitrogen functional groups attached to an aromatic ring is 1. The van der Waals surface area contributed by atoms with Gasteiger partial charge in [-0.1, -0.05) is 22.9 Å². The number of fused-ring (bicyclic) bond motifs is 1. The van der Waals surface area contributed by atoms with Gasteiger partial charge >= 0.3 is 0 Å². The third kappa shape index (κ3) is 4.25. The van der Waals surface area contributed by atoms with E-state index in [0.717, 1.165) is 41.5 Å². The van der Waals surface area contributed by atoms with Crippen molar-refractivity contribution in [2.45, 2.75) is 26.3 Å². The van der Waals surface area contributed by atoms with Gasteiger partial charge in [-0.25, -0.2) is 4.98 Å². The van der Waals surface area contributed by atoms with E-state index in [1.54, 1.807) is 0 Å². The number of rotatable bonds is 7. The highest BCUT2D eigenvalue weighted by atomic mass is 127. The van der Waals surface area contributed by atoms with Gasteiger partial charge < -0.3 is 14.5 Å². The molecule has 4 nitrogen and oxygen atoms in total. The van der Waals surface area contributed by atoms with E-state index in [0.29, 0.717) is 11.9 Å². The molecule has 0 saturated heterocycles. The lowest BCUT2D eigenvalue weighted by Crippen LogP contribution is -2.07. The van der Waals surface area contributed by atoms with Crippen molar-refractivity contribution in [3.8, 4) is 0 Å². The average molecular weight is 470 g/mol. The van der Waals surface area contributed by atoms with E-state index in [2.05, 4.69) is 59.7 Å². The molecule has 1 heterocycles. The smallest absolute Gasteiger partial charge is 0.201 e. The summed E-state index contributed by atoms with van der Waals surface area (Å²) in [5.74, 6) is 1.15. The van der Waals surface area contributed by atoms with Crippen LogP contribution in [0.2, 0.25) is 0 Å². The monoisotopic (exact) mass is 469 g/mol. The molecule has 0 aliphatic carbocycles. The number of imidazole rings is 1. The van der Waals surface area contributed by atoms with Crippen molar-refractivity contribution >= 4 is 63.3 Å². The van der Waals surface area contributed by atoms with Gasteiger partial charge in [-0.3, -0.25) is 0 Å². The van der Waals surface area contributed by atoms with Crippen molar-refractivity contribution in [2.75, 3.05) is 12.3 Å². The van der Waals surface area contributed by atoms with Crippen molar-refractivity contribution < 1.29 is 4.18 Å². The molecule has 20 heavy (non-hydrogen) atoms. The van der Waals surface area contributed by atoms with Crippen LogP contribution in [0, 0.1) is 5.92 Å². The third-order valence-electron chi connectivity index (χ3n) is 3.22. The number of hydrogen-bond acceptors (Lipinski definition) is 4. The highest BCUT2D eigenvalue weighted by Gasteiger charge is 2.09. The van der Waals surface area contributed by atoms with E-state index in [1.807, 2.05) is 12.1 Å². The Balaban J connectivity index is 1.98. The molecule has 0 aliphatic heterocycles. The molecule has 0 saturated carbocycles. The molecule has 2 aromatic rings. The number of anilines is 1. The first-order chi connectivity index (χ1) is 9.61. The van der Waals surface area contributed by atoms with Crippen LogP contribution in [0.1, 0.15) is 19.8 Å². The van der Waals surface area contributed by atoms with E-state index >= 15 is 0 Å². The van der Waals surface area contributed by atoms with Crippen molar-refractivity contribution in [3.05, 3.63) is 22.7 Å². The Bertz CT molecular complexity index is 578. The summed E-state index contributed by atoms with van der Waals surface area (Å²) < 4.78 is 8.45. The van der Waals surface area contributed by atoms with Crippen LogP contribution >= 0.6 is 46.3 Å². The van der Waals surface area contributed by atoms with Crippen molar-refractivity contribution in [1.29, 1.82) is 0 Å². The van der Waals surface area contributed by atoms with E-state index in [9.17, 15) is 0 Å². The number of aromatic nitrogens is 2. The molecule has 0 bridgehead atoms. The highest BCUT2D eigenvalue weighted by molar-refractivity contribution is 14.2. The number of halogens is 2. The Morgan fingerprint density at radius 3 is 3.10 bits per heavy atom. The summed E-state index contributed by atoms with van der Waals surface area (Å²) in [6.45, 7) is 3.89. The van der Waals surface area contributed by atoms with Crippen LogP contribution in [0.4, 0.5) is 5.95 Å². The fraction of sp³-hybridized carbons (Fsp3) is 0.462. The SMILES string of the molecule is CC(CCCn1c(N)nc2cc(Br)ccc21)COSI. The minimum absolute atomic E-state index is 0.558. The first kappa shape index (κ1) is 16.4. The van der Waals surface area contributed by atoms with Crippen LogP contribution in [0.5, 0.6) is 0 Å². The van der Waals surface area contributed by atoms with Crippen LogP contribution in [0.15, 0.2) is 22.7 Å². The molecule has 0 amide bonds. The molecule has 1 atom stereocenters. The summed E-state index contributed by atoms with van der Waals surface area (Å²) in [5.41, 5.74) is 8.04. The van der Waals surface area contributed by atoms with Crippen molar-refractivity contribution in [2.24, 2.45) is 5.92 Å². The van der Waals surface area contributed by atoms with Crippen LogP contribution in [0.25, 0.3) is 11.0 Å². The molecular formula is C13H17BrIN3OS. The number of benzene rings is 1. The van der Waals surface area contributed by atoms with E-state index in [4.69, 9.17) is 9.92 Å². The Labute approximate surface area is 143 Å². The Hall–Kier alpha value is 0.01000. The molecule has 0 spiro atoms. The summed E-state index contributed by atoms with van der Waals surface area (Å²) >= 11 is 5.60. The largest absolute Gasteiger partial charge is 0.369 e. The molecule has 2 rings (SSSR count). The van der Waals surface area contributed by atoms with Crippen LogP contribution < -0.4 is 5.73 Å². The lowest BCUT2D eigenvalue weighted by molar-refractivity contribution is 0.289. The first-order valence-electron chi connectivity index (χ1n) is 6.43. The summed E-state index contributed by atoms with van der Waals surface area (Å²) in [7, 11) is 1.40. The molecule has 1 aromatic heterocycles. The Morgan fingerprint density at radius 2 is 2.35 bits per heavy atom. The predicted molar refractivity (Wildman–Crippen MR) is 97.8 cm³/mol. The number of nitrogens with two attached hydrogens (primary N) is 1. The van der Waals surface area contributed by atoms with Crippen LogP contribution in [-0.4, -0.2) is 16.2 Å². The molecule has 1 aromatic carbocycles. The van der Waals surface area contributed by atoms with Gasteiger partial charge in [0.2, 0.25) is 5.95 Å². The first-order valence-corrected chi connectivity index (χ1v) is 10.5. The number of hydrogen-bond donors (Lipinski definition) is 1. The van der Waals surface area contributed by atoms with Crippen LogP contribution in [-0.2, 0) is 10.7 Å². The molecular weight excluding hydrogens is 453 g/mol. The molecule has 0 aliphatic rings. The molecule has 7 heteroatoms. The highest BCUT2D eigenvalue weighted by Crippen LogP contribution is 2.23. The fourth-order valence-electron chi connectivity index (χ4n) is 2.18. The maximum atomic E-state index is 6.01. The zero-order chi connectivity index (χ0) is 14.5. The predicted octanol–water partition coefficient (Wildman–Crippen LogP) is 4.81. The molecule has 2 N–H and O–H groups in total. The normalized spacial score (nSPS) is 12.9. The van der Waals surface area contributed by atoms with Gasteiger partial charge in [-0.2, -0.15) is 0 Å².